The number of nitrogens with one attached hydrogen (secondary N) is 2. The molecule has 1 aromatic carbocycles. The maximum absolute atomic E-state index is 13.3. The van der Waals surface area contributed by atoms with Crippen molar-refractivity contribution in [3.05, 3.63) is 36.1 Å². The highest BCUT2D eigenvalue weighted by Crippen LogP contribution is 2.42. The normalized spacial score (nSPS) is 19.5. The molecular weight excluding hydrogens is 442 g/mol. The Morgan fingerprint density at radius 2 is 2.09 bits per heavy atom. The fraction of sp³-hybridized carbons (Fsp3) is 0.679. The zero-order valence-electron chi connectivity index (χ0n) is 22.2. The molecular formula is C28H45N3O4. The van der Waals surface area contributed by atoms with Crippen LogP contribution in [0.2, 0.25) is 0 Å². The molecule has 7 heteroatoms. The molecule has 0 bridgehead atoms. The summed E-state index contributed by atoms with van der Waals surface area (Å²) in [6.07, 6.45) is 6.61. The van der Waals surface area contributed by atoms with Crippen molar-refractivity contribution in [3.63, 3.8) is 0 Å². The van der Waals surface area contributed by atoms with E-state index in [9.17, 15) is 9.90 Å². The van der Waals surface area contributed by atoms with Crippen molar-refractivity contribution in [2.45, 2.75) is 70.9 Å². The fourth-order valence-electron chi connectivity index (χ4n) is 5.51. The number of hydrogen-bond acceptors (Lipinski definition) is 5. The van der Waals surface area contributed by atoms with Gasteiger partial charge in [0.05, 0.1) is 11.9 Å². The Hall–Kier alpha value is -2.09. The Morgan fingerprint density at radius 1 is 1.29 bits per heavy atom. The van der Waals surface area contributed by atoms with Crippen LogP contribution in [0.3, 0.4) is 0 Å². The number of furan rings is 1. The fourth-order valence-corrected chi connectivity index (χ4v) is 5.51. The molecule has 0 saturated carbocycles. The summed E-state index contributed by atoms with van der Waals surface area (Å²) in [5.41, 5.74) is 0.594. The Kier molecular flexibility index (Phi) is 9.62. The maximum atomic E-state index is 13.3. The minimum atomic E-state index is -1.08. The van der Waals surface area contributed by atoms with Crippen molar-refractivity contribution < 1.29 is 19.1 Å². The first kappa shape index (κ1) is 27.5. The first-order chi connectivity index (χ1) is 16.7. The average Bonchev–Trinajstić information content (AvgIpc) is 3.30. The number of likely N-dealkylation sites (tertiary alicyclic amines) is 1. The van der Waals surface area contributed by atoms with Crippen LogP contribution in [0.25, 0.3) is 11.0 Å². The molecule has 2 heterocycles. The van der Waals surface area contributed by atoms with Gasteiger partial charge in [-0.1, -0.05) is 39.0 Å². The Labute approximate surface area is 210 Å². The molecule has 196 valence electrons. The second-order valence-corrected chi connectivity index (χ2v) is 11.3. The summed E-state index contributed by atoms with van der Waals surface area (Å²) in [7, 11) is 3.62. The molecule has 3 N–H and O–H groups in total. The molecule has 1 aliphatic heterocycles. The zero-order chi connectivity index (χ0) is 25.5. The van der Waals surface area contributed by atoms with Gasteiger partial charge in [0.15, 0.2) is 0 Å². The van der Waals surface area contributed by atoms with E-state index >= 15 is 0 Å². The number of aliphatic hydroxyl groups is 1. The van der Waals surface area contributed by atoms with Crippen molar-refractivity contribution in [1.29, 1.82) is 0 Å². The highest BCUT2D eigenvalue weighted by atomic mass is 16.5. The number of ether oxygens (including phenoxy) is 1. The molecule has 0 spiro atoms. The van der Waals surface area contributed by atoms with Crippen molar-refractivity contribution in [2.24, 2.45) is 11.3 Å². The number of benzene rings is 1. The van der Waals surface area contributed by atoms with Gasteiger partial charge >= 0.3 is 6.03 Å². The molecule has 1 aliphatic rings. The maximum Gasteiger partial charge on any atom is 0.317 e. The molecule has 3 unspecified atom stereocenters. The number of amides is 2. The molecule has 1 fully saturated rings. The quantitative estimate of drug-likeness (QED) is 0.393. The third-order valence-corrected chi connectivity index (χ3v) is 7.12. The standard InChI is InChI=1S/C28H45N3O4/c1-27(2,3)18-23(19-29-4)30-26(32)31-15-9-11-22(20-31)28(33,14-6-7-16-34-5)24-12-8-10-21-13-17-35-25(21)24/h8,10,12-13,17,22-23,29,33H,6-7,9,11,14-16,18-20H2,1-5H3,(H,30,32). The topological polar surface area (TPSA) is 87.0 Å². The zero-order valence-corrected chi connectivity index (χ0v) is 22.2. The van der Waals surface area contributed by atoms with Crippen LogP contribution in [0.15, 0.2) is 34.9 Å². The van der Waals surface area contributed by atoms with E-state index in [1.54, 1.807) is 13.4 Å². The number of fused-ring (bicyclic) bond motifs is 1. The van der Waals surface area contributed by atoms with E-state index in [-0.39, 0.29) is 23.4 Å². The molecule has 3 atom stereocenters. The first-order valence-electron chi connectivity index (χ1n) is 13.1. The number of carbonyl (C=O) groups is 1. The van der Waals surface area contributed by atoms with Crippen molar-refractivity contribution in [3.8, 4) is 0 Å². The van der Waals surface area contributed by atoms with Crippen LogP contribution < -0.4 is 10.6 Å². The van der Waals surface area contributed by atoms with Gasteiger partial charge in [-0.25, -0.2) is 4.79 Å². The second-order valence-electron chi connectivity index (χ2n) is 11.3. The minimum Gasteiger partial charge on any atom is -0.464 e. The van der Waals surface area contributed by atoms with E-state index in [0.717, 1.165) is 55.2 Å². The van der Waals surface area contributed by atoms with Crippen LogP contribution in [0.4, 0.5) is 4.79 Å². The van der Waals surface area contributed by atoms with Gasteiger partial charge in [0.1, 0.15) is 5.58 Å². The molecule has 0 radical (unpaired) electrons. The monoisotopic (exact) mass is 487 g/mol. The van der Waals surface area contributed by atoms with Gasteiger partial charge < -0.3 is 29.8 Å². The van der Waals surface area contributed by atoms with Crippen LogP contribution in [-0.4, -0.2) is 62.5 Å². The van der Waals surface area contributed by atoms with E-state index in [1.807, 2.05) is 36.2 Å². The molecule has 2 aromatic rings. The van der Waals surface area contributed by atoms with Crippen molar-refractivity contribution in [2.75, 3.05) is 40.4 Å². The number of methoxy groups -OCH3 is 1. The molecule has 35 heavy (non-hydrogen) atoms. The summed E-state index contributed by atoms with van der Waals surface area (Å²) < 4.78 is 11.1. The number of urea groups is 1. The van der Waals surface area contributed by atoms with E-state index < -0.39 is 5.60 Å². The SMILES string of the molecule is CNCC(CC(C)(C)C)NC(=O)N1CCCC(C(O)(CCCCOC)c2cccc3ccoc23)C1. The number of carbonyl (C=O) groups excluding carboxylic acids is 1. The number of nitrogens with zero attached hydrogens (tertiary/aromatic N) is 1. The van der Waals surface area contributed by atoms with Gasteiger partial charge in [-0.15, -0.1) is 0 Å². The lowest BCUT2D eigenvalue weighted by Crippen LogP contribution is -2.54. The third-order valence-electron chi connectivity index (χ3n) is 7.12. The number of para-hydroxylation sites is 1. The summed E-state index contributed by atoms with van der Waals surface area (Å²) >= 11 is 0. The highest BCUT2D eigenvalue weighted by molar-refractivity contribution is 5.81. The third kappa shape index (κ3) is 7.21. The number of rotatable bonds is 11. The molecule has 3 rings (SSSR count). The summed E-state index contributed by atoms with van der Waals surface area (Å²) in [5.74, 6) is -0.0781. The number of piperidine rings is 1. The Balaban J connectivity index is 1.80. The lowest BCUT2D eigenvalue weighted by atomic mass is 9.73. The number of hydrogen-bond donors (Lipinski definition) is 3. The molecule has 0 aliphatic carbocycles. The van der Waals surface area contributed by atoms with Gasteiger partial charge in [-0.2, -0.15) is 0 Å². The van der Waals surface area contributed by atoms with Gasteiger partial charge in [0.2, 0.25) is 0 Å². The van der Waals surface area contributed by atoms with Crippen molar-refractivity contribution in [1.82, 2.24) is 15.5 Å². The summed E-state index contributed by atoms with van der Waals surface area (Å²) in [6, 6.07) is 7.91. The molecule has 1 aromatic heterocycles. The van der Waals surface area contributed by atoms with E-state index in [2.05, 4.69) is 31.4 Å². The van der Waals surface area contributed by atoms with Gasteiger partial charge in [0, 0.05) is 56.3 Å². The van der Waals surface area contributed by atoms with Crippen LogP contribution in [0.5, 0.6) is 0 Å². The minimum absolute atomic E-state index is 0.0443. The lowest BCUT2D eigenvalue weighted by Gasteiger charge is -2.43. The summed E-state index contributed by atoms with van der Waals surface area (Å²) in [4.78, 5) is 15.2. The second kappa shape index (κ2) is 12.2. The smallest absolute Gasteiger partial charge is 0.317 e. The summed E-state index contributed by atoms with van der Waals surface area (Å²) in [6.45, 7) is 9.19. The number of unbranched alkanes of at least 4 members (excludes halogenated alkanes) is 1. The van der Waals surface area contributed by atoms with Crippen molar-refractivity contribution >= 4 is 17.0 Å². The average molecular weight is 488 g/mol. The molecule has 1 saturated heterocycles. The van der Waals surface area contributed by atoms with Gasteiger partial charge in [-0.3, -0.25) is 0 Å². The largest absolute Gasteiger partial charge is 0.464 e. The number of likely N-dealkylation sites (N-methyl/N-ethyl adjacent to an activating group) is 1. The predicted molar refractivity (Wildman–Crippen MR) is 140 cm³/mol. The van der Waals surface area contributed by atoms with Gasteiger partial charge in [0.25, 0.3) is 0 Å². The molecule has 7 nitrogen and oxygen atoms in total. The van der Waals surface area contributed by atoms with Crippen LogP contribution in [-0.2, 0) is 10.3 Å². The predicted octanol–water partition coefficient (Wildman–Crippen LogP) is 4.88. The van der Waals surface area contributed by atoms with Crippen LogP contribution in [0.1, 0.15) is 64.9 Å². The van der Waals surface area contributed by atoms with Gasteiger partial charge in [-0.05, 0) is 57.1 Å². The van der Waals surface area contributed by atoms with Crippen LogP contribution in [0, 0.1) is 11.3 Å². The lowest BCUT2D eigenvalue weighted by molar-refractivity contribution is -0.0558. The van der Waals surface area contributed by atoms with Crippen LogP contribution >= 0.6 is 0 Å². The summed E-state index contributed by atoms with van der Waals surface area (Å²) in [5, 5.41) is 19.7. The first-order valence-corrected chi connectivity index (χ1v) is 13.1. The van der Waals surface area contributed by atoms with E-state index in [1.165, 1.54) is 0 Å². The Morgan fingerprint density at radius 3 is 2.80 bits per heavy atom. The highest BCUT2D eigenvalue weighted by Gasteiger charge is 2.43. The van der Waals surface area contributed by atoms with E-state index in [4.69, 9.17) is 9.15 Å². The molecule has 2 amide bonds. The Bertz CT molecular complexity index is 938. The van der Waals surface area contributed by atoms with E-state index in [0.29, 0.717) is 26.1 Å².